The summed E-state index contributed by atoms with van der Waals surface area (Å²) in [6, 6.07) is 40.5. The van der Waals surface area contributed by atoms with E-state index in [2.05, 4.69) is 106 Å². The molecule has 0 aliphatic rings. The Morgan fingerprint density at radius 1 is 0.492 bits per heavy atom. The average molecular weight is 832 g/mol. The van der Waals surface area contributed by atoms with Crippen LogP contribution < -0.4 is 9.13 Å². The average Bonchev–Trinajstić information content (AvgIpc) is 3.84. The lowest BCUT2D eigenvalue weighted by atomic mass is 9.96. The van der Waals surface area contributed by atoms with Crippen molar-refractivity contribution in [2.45, 2.75) is 47.5 Å². The minimum absolute atomic E-state index is 0.272. The van der Waals surface area contributed by atoms with Gasteiger partial charge in [-0.3, -0.25) is 0 Å². The summed E-state index contributed by atoms with van der Waals surface area (Å²) in [7, 11) is 4.06. The van der Waals surface area contributed by atoms with Crippen LogP contribution in [0.1, 0.15) is 53.1 Å². The molecule has 5 nitrogen and oxygen atoms in total. The molecule has 0 atom stereocenters. The highest BCUT2D eigenvalue weighted by Gasteiger charge is 2.25. The molecule has 0 saturated carbocycles. The van der Waals surface area contributed by atoms with Crippen molar-refractivity contribution in [2.75, 3.05) is 0 Å². The van der Waals surface area contributed by atoms with Gasteiger partial charge in [-0.05, 0) is 103 Å². The van der Waals surface area contributed by atoms with Gasteiger partial charge in [0.25, 0.3) is 0 Å². The normalized spacial score (nSPS) is 11.5. The lowest BCUT2D eigenvalue weighted by Gasteiger charge is -2.09. The molecule has 4 aromatic heterocycles. The van der Waals surface area contributed by atoms with Gasteiger partial charge in [-0.2, -0.15) is 5.26 Å². The first-order valence-corrected chi connectivity index (χ1v) is 21.2. The Hall–Kier alpha value is -7.43. The van der Waals surface area contributed by atoms with Crippen LogP contribution in [0.4, 0.5) is 8.78 Å². The molecule has 310 valence electrons. The molecule has 0 saturated heterocycles. The lowest BCUT2D eigenvalue weighted by Crippen LogP contribution is -2.31. The maximum Gasteiger partial charge on any atom is 0.216 e. The van der Waals surface area contributed by atoms with E-state index in [0.29, 0.717) is 39.3 Å². The number of halogens is 2. The summed E-state index contributed by atoms with van der Waals surface area (Å²) >= 11 is 0. The molecule has 0 radical (unpaired) electrons. The first-order valence-electron chi connectivity index (χ1n) is 21.2. The van der Waals surface area contributed by atoms with Gasteiger partial charge in [-0.15, -0.1) is 0 Å². The van der Waals surface area contributed by atoms with E-state index in [9.17, 15) is 0 Å². The van der Waals surface area contributed by atoms with E-state index in [1.54, 1.807) is 36.4 Å². The van der Waals surface area contributed by atoms with E-state index in [1.165, 1.54) is 11.6 Å². The van der Waals surface area contributed by atoms with Gasteiger partial charge in [0.1, 0.15) is 48.1 Å². The minimum Gasteiger partial charge on any atom is -0.454 e. The van der Waals surface area contributed by atoms with Crippen molar-refractivity contribution in [3.63, 3.8) is 0 Å². The second-order valence-electron chi connectivity index (χ2n) is 16.9. The molecule has 4 heterocycles. The van der Waals surface area contributed by atoms with E-state index in [0.717, 1.165) is 83.0 Å². The maximum atomic E-state index is 15.1. The topological polar surface area (TPSA) is 57.8 Å². The molecule has 0 fully saturated rings. The van der Waals surface area contributed by atoms with Crippen molar-refractivity contribution < 1.29 is 26.7 Å². The number of hydrogen-bond acceptors (Lipinski definition) is 3. The predicted octanol–water partition coefficient (Wildman–Crippen LogP) is 14.0. The third kappa shape index (κ3) is 7.22. The summed E-state index contributed by atoms with van der Waals surface area (Å²) in [6.07, 6.45) is 4.14. The van der Waals surface area contributed by atoms with Gasteiger partial charge < -0.3 is 8.83 Å². The van der Waals surface area contributed by atoms with Crippen LogP contribution in [0.15, 0.2) is 143 Å². The molecule has 0 spiro atoms. The molecule has 0 unspecified atom stereocenters. The van der Waals surface area contributed by atoms with Crippen molar-refractivity contribution in [3.05, 3.63) is 179 Å². The Morgan fingerprint density at radius 3 is 1.40 bits per heavy atom. The first kappa shape index (κ1) is 40.9. The summed E-state index contributed by atoms with van der Waals surface area (Å²) in [5.74, 6) is -0.200. The number of nitriles is 1. The number of fused-ring (bicyclic) bond motifs is 6. The maximum absolute atomic E-state index is 15.1. The van der Waals surface area contributed by atoms with Crippen molar-refractivity contribution in [1.29, 1.82) is 5.26 Å². The fourth-order valence-electron chi connectivity index (χ4n) is 8.68. The zero-order chi connectivity index (χ0) is 44.3. The molecule has 0 amide bonds. The first-order chi connectivity index (χ1) is 30.3. The summed E-state index contributed by atoms with van der Waals surface area (Å²) in [4.78, 5) is 0. The number of rotatable bonds is 5. The van der Waals surface area contributed by atoms with Crippen LogP contribution in [-0.2, 0) is 14.1 Å². The highest BCUT2D eigenvalue weighted by Crippen LogP contribution is 2.43. The molecule has 63 heavy (non-hydrogen) atoms. The fraction of sp³-hybridized carbons (Fsp3) is 0.161. The van der Waals surface area contributed by atoms with E-state index in [4.69, 9.17) is 14.1 Å². The zero-order valence-corrected chi connectivity index (χ0v) is 36.7. The standard InChI is InChI=1S/C29H27FNO.C27H20FN2O/c1-17(2)21-14-15-31(5)25(16-21)26-19(4)8-11-22-23-12-13-24(30)27(29(23)32-28(22)26)20-9-6-18(3)7-10-20;1-16-12-13-30(3)23(14-16)24-17(2)4-9-20-21-10-11-22(28)25(27(21)31-26(20)24)19-7-5-18(15-29)6-8-19/h6-17H,1-5H3;4-14H,1-3H3/q2*+1. The van der Waals surface area contributed by atoms with Crippen LogP contribution in [0.5, 0.6) is 0 Å². The fourth-order valence-corrected chi connectivity index (χ4v) is 8.68. The second kappa shape index (κ2) is 16.1. The molecule has 7 heteroatoms. The zero-order valence-electron chi connectivity index (χ0n) is 36.7. The summed E-state index contributed by atoms with van der Waals surface area (Å²) in [5, 5.41) is 12.8. The largest absolute Gasteiger partial charge is 0.454 e. The molecule has 0 N–H and O–H groups in total. The third-order valence-electron chi connectivity index (χ3n) is 12.2. The van der Waals surface area contributed by atoms with Crippen LogP contribution in [0.25, 0.3) is 88.6 Å². The number of hydrogen-bond donors (Lipinski definition) is 0. The van der Waals surface area contributed by atoms with Gasteiger partial charge in [0, 0.05) is 45.8 Å². The van der Waals surface area contributed by atoms with E-state index in [-0.39, 0.29) is 11.6 Å². The number of aromatic nitrogens is 2. The summed E-state index contributed by atoms with van der Waals surface area (Å²) < 4.78 is 47.2. The third-order valence-corrected chi connectivity index (χ3v) is 12.2. The Kier molecular flexibility index (Phi) is 10.5. The summed E-state index contributed by atoms with van der Waals surface area (Å²) in [6.45, 7) is 12.7. The van der Waals surface area contributed by atoms with Crippen molar-refractivity contribution in [1.82, 2.24) is 0 Å². The van der Waals surface area contributed by atoms with E-state index in [1.807, 2.05) is 56.6 Å². The van der Waals surface area contributed by atoms with Crippen molar-refractivity contribution in [2.24, 2.45) is 14.1 Å². The van der Waals surface area contributed by atoms with E-state index >= 15 is 8.78 Å². The van der Waals surface area contributed by atoms with Crippen LogP contribution in [-0.4, -0.2) is 0 Å². The number of benzene rings is 6. The van der Waals surface area contributed by atoms with Crippen LogP contribution in [0, 0.1) is 50.7 Å². The molecular weight excluding hydrogens is 785 g/mol. The Labute approximate surface area is 365 Å². The van der Waals surface area contributed by atoms with Crippen molar-refractivity contribution >= 4 is 43.9 Å². The van der Waals surface area contributed by atoms with Gasteiger partial charge in [0.15, 0.2) is 12.4 Å². The summed E-state index contributed by atoms with van der Waals surface area (Å²) in [5.41, 5.74) is 15.6. The second-order valence-corrected chi connectivity index (χ2v) is 16.9. The molecule has 0 aliphatic carbocycles. The van der Waals surface area contributed by atoms with Crippen LogP contribution >= 0.6 is 0 Å². The van der Waals surface area contributed by atoms with Gasteiger partial charge in [0.05, 0.1) is 33.9 Å². The molecular formula is C56H47F2N3O2+2. The van der Waals surface area contributed by atoms with Crippen LogP contribution in [0.3, 0.4) is 0 Å². The molecule has 10 aromatic rings. The highest BCUT2D eigenvalue weighted by atomic mass is 19.1. The number of aryl methyl sites for hydroxylation is 6. The Morgan fingerprint density at radius 2 is 0.921 bits per heavy atom. The highest BCUT2D eigenvalue weighted by molar-refractivity contribution is 6.14. The van der Waals surface area contributed by atoms with Gasteiger partial charge in [-0.1, -0.05) is 80.1 Å². The number of furan rings is 2. The predicted molar refractivity (Wildman–Crippen MR) is 249 cm³/mol. The van der Waals surface area contributed by atoms with Gasteiger partial charge >= 0.3 is 0 Å². The van der Waals surface area contributed by atoms with Gasteiger partial charge in [-0.25, -0.2) is 17.9 Å². The SMILES string of the molecule is Cc1cc[n+](C)c(-c2c(C)ccc3c2oc2c(-c4ccc(C#N)cc4)c(F)ccc23)c1.Cc1ccc(-c2c(F)ccc3c2oc2c(-c4cc(C(C)C)cc[n+]4C)c(C)ccc23)cc1. The van der Waals surface area contributed by atoms with Crippen LogP contribution in [0.2, 0.25) is 0 Å². The lowest BCUT2D eigenvalue weighted by molar-refractivity contribution is -0.660. The smallest absolute Gasteiger partial charge is 0.216 e. The molecule has 10 rings (SSSR count). The molecule has 6 aromatic carbocycles. The minimum atomic E-state index is -0.351. The Bertz CT molecular complexity index is 3460. The number of pyridine rings is 2. The van der Waals surface area contributed by atoms with Crippen molar-refractivity contribution in [3.8, 4) is 50.8 Å². The number of nitrogens with zero attached hydrogens (tertiary/aromatic N) is 3. The van der Waals surface area contributed by atoms with Gasteiger partial charge in [0.2, 0.25) is 11.4 Å². The molecule has 0 aliphatic heterocycles. The Balaban J connectivity index is 0.000000160. The quantitative estimate of drug-likeness (QED) is 0.162. The monoisotopic (exact) mass is 831 g/mol. The van der Waals surface area contributed by atoms with E-state index < -0.39 is 0 Å². The molecule has 0 bridgehead atoms.